The molecule has 0 bridgehead atoms. The summed E-state index contributed by atoms with van der Waals surface area (Å²) in [5.41, 5.74) is 10.1. The Hall–Kier alpha value is -5.11. The van der Waals surface area contributed by atoms with Gasteiger partial charge in [0.1, 0.15) is 30.2 Å². The van der Waals surface area contributed by atoms with E-state index in [9.17, 15) is 14.7 Å². The molecule has 12 nitrogen and oxygen atoms in total. The topological polar surface area (TPSA) is 152 Å². The normalized spacial score (nSPS) is 25.2. The lowest BCUT2D eigenvalue weighted by Gasteiger charge is -2.44. The van der Waals surface area contributed by atoms with E-state index >= 15 is 8.78 Å². The molecule has 0 radical (unpaired) electrons. The SMILES string of the molecule is Nc1nnc(-c2ccccc2O)cc1-c1cnn([C@@H]2CCN(C3CCC(c4cccc5c4OCCN5C4CCC(=O)NC4=O)CC3)CC2(F)F)c1. The molecule has 0 spiro atoms. The number of nitrogen functional groups attached to an aromatic ring is 1. The smallest absolute Gasteiger partial charge is 0.282 e. The molecule has 2 aromatic heterocycles. The summed E-state index contributed by atoms with van der Waals surface area (Å²) in [6, 6.07) is 13.0. The van der Waals surface area contributed by atoms with Gasteiger partial charge in [0, 0.05) is 41.9 Å². The maximum atomic E-state index is 15.9. The zero-order valence-electron chi connectivity index (χ0n) is 28.0. The number of nitrogens with two attached hydrogens (primary N) is 1. The summed E-state index contributed by atoms with van der Waals surface area (Å²) in [6.07, 6.45) is 7.43. The summed E-state index contributed by atoms with van der Waals surface area (Å²) < 4.78 is 39.4. The number of phenolic OH excluding ortho intramolecular Hbond substituents is 1. The Bertz CT molecular complexity index is 1960. The molecule has 14 heteroatoms. The highest BCUT2D eigenvalue weighted by Gasteiger charge is 2.48. The van der Waals surface area contributed by atoms with Gasteiger partial charge in [-0.25, -0.2) is 8.78 Å². The van der Waals surface area contributed by atoms with Crippen molar-refractivity contribution in [3.63, 3.8) is 0 Å². The molecule has 2 atom stereocenters. The van der Waals surface area contributed by atoms with E-state index in [2.05, 4.69) is 31.6 Å². The number of phenols is 1. The number of amides is 2. The largest absolute Gasteiger partial charge is 0.507 e. The van der Waals surface area contributed by atoms with Crippen LogP contribution in [-0.4, -0.2) is 86.0 Å². The second-order valence-corrected chi connectivity index (χ2v) is 14.0. The molecule has 1 unspecified atom stereocenters. The van der Waals surface area contributed by atoms with E-state index in [1.165, 1.54) is 10.9 Å². The molecule has 4 aliphatic rings. The number of rotatable bonds is 6. The van der Waals surface area contributed by atoms with Crippen LogP contribution in [0.1, 0.15) is 62.5 Å². The predicted molar refractivity (Wildman–Crippen MR) is 185 cm³/mol. The van der Waals surface area contributed by atoms with Gasteiger partial charge in [-0.15, -0.1) is 10.2 Å². The van der Waals surface area contributed by atoms with E-state index in [4.69, 9.17) is 10.5 Å². The van der Waals surface area contributed by atoms with Crippen LogP contribution in [0.4, 0.5) is 20.3 Å². The van der Waals surface area contributed by atoms with Gasteiger partial charge in [0.15, 0.2) is 5.82 Å². The van der Waals surface area contributed by atoms with Gasteiger partial charge in [-0.1, -0.05) is 24.3 Å². The van der Waals surface area contributed by atoms with Crippen molar-refractivity contribution in [1.82, 2.24) is 30.2 Å². The molecule has 51 heavy (non-hydrogen) atoms. The quantitative estimate of drug-likeness (QED) is 0.237. The monoisotopic (exact) mass is 698 g/mol. The van der Waals surface area contributed by atoms with E-state index in [1.54, 1.807) is 36.5 Å². The number of carbonyl (C=O) groups excluding carboxylic acids is 2. The Balaban J connectivity index is 0.922. The van der Waals surface area contributed by atoms with Crippen molar-refractivity contribution in [2.45, 2.75) is 74.9 Å². The average Bonchev–Trinajstić information content (AvgIpc) is 3.61. The molecular formula is C37H40F2N8O4. The van der Waals surface area contributed by atoms with Gasteiger partial charge in [-0.05, 0) is 74.3 Å². The van der Waals surface area contributed by atoms with Gasteiger partial charge in [-0.2, -0.15) is 5.10 Å². The lowest BCUT2D eigenvalue weighted by atomic mass is 9.80. The Labute approximate surface area is 293 Å². The molecule has 4 N–H and O–H groups in total. The number of nitrogens with zero attached hydrogens (tertiary/aromatic N) is 6. The number of alkyl halides is 2. The summed E-state index contributed by atoms with van der Waals surface area (Å²) in [4.78, 5) is 28.4. The number of anilines is 2. The first-order valence-electron chi connectivity index (χ1n) is 17.6. The van der Waals surface area contributed by atoms with Crippen LogP contribution in [0.2, 0.25) is 0 Å². The molecule has 8 rings (SSSR count). The van der Waals surface area contributed by atoms with Crippen LogP contribution in [0, 0.1) is 0 Å². The van der Waals surface area contributed by atoms with E-state index in [1.807, 2.05) is 17.0 Å². The van der Waals surface area contributed by atoms with Crippen LogP contribution in [0.25, 0.3) is 22.4 Å². The summed E-state index contributed by atoms with van der Waals surface area (Å²) in [7, 11) is 0. The van der Waals surface area contributed by atoms with E-state index in [-0.39, 0.29) is 48.3 Å². The van der Waals surface area contributed by atoms with Crippen LogP contribution in [0.3, 0.4) is 0 Å². The standard InChI is InChI=1S/C37H40F2N8O4/c38-37(39)21-45(15-14-32(37)47-20-23(19-41-47)27-18-28(43-44-35(27)40)26-4-1-2-7-31(26)48)24-10-8-22(9-11-24)25-5-3-6-29-34(25)51-17-16-46(29)30-12-13-33(49)42-36(30)50/h1-7,18-20,22,24,30,32,48H,8-17,21H2,(H2,40,44)(H,42,49,50)/t22?,24?,30?,32-/m1/s1. The summed E-state index contributed by atoms with van der Waals surface area (Å²) in [5.74, 6) is -2.31. The van der Waals surface area contributed by atoms with Gasteiger partial charge in [0.25, 0.3) is 5.92 Å². The number of imide groups is 1. The Morgan fingerprint density at radius 1 is 0.961 bits per heavy atom. The molecule has 3 fully saturated rings. The molecule has 5 heterocycles. The number of para-hydroxylation sites is 2. The van der Waals surface area contributed by atoms with Crippen molar-refractivity contribution < 1.29 is 28.2 Å². The fourth-order valence-corrected chi connectivity index (χ4v) is 8.36. The first-order valence-corrected chi connectivity index (χ1v) is 17.6. The van der Waals surface area contributed by atoms with Crippen molar-refractivity contribution in [1.29, 1.82) is 0 Å². The van der Waals surface area contributed by atoms with Crippen LogP contribution in [0.15, 0.2) is 60.9 Å². The minimum atomic E-state index is -3.01. The van der Waals surface area contributed by atoms with Gasteiger partial charge in [-0.3, -0.25) is 24.5 Å². The van der Waals surface area contributed by atoms with Crippen molar-refractivity contribution in [2.75, 3.05) is 36.9 Å². The third-order valence-electron chi connectivity index (χ3n) is 11.0. The Kier molecular flexibility index (Phi) is 8.57. The maximum Gasteiger partial charge on any atom is 0.282 e. The van der Waals surface area contributed by atoms with Crippen molar-refractivity contribution in [3.8, 4) is 33.9 Å². The number of piperidine rings is 2. The highest BCUT2D eigenvalue weighted by Crippen LogP contribution is 2.46. The third kappa shape index (κ3) is 6.26. The fourth-order valence-electron chi connectivity index (χ4n) is 8.36. The Morgan fingerprint density at radius 3 is 2.57 bits per heavy atom. The number of halogens is 2. The van der Waals surface area contributed by atoms with Crippen LogP contribution in [-0.2, 0) is 9.59 Å². The summed E-state index contributed by atoms with van der Waals surface area (Å²) in [6.45, 7) is 1.20. The number of likely N-dealkylation sites (tertiary alicyclic amines) is 1. The van der Waals surface area contributed by atoms with Crippen LogP contribution in [0.5, 0.6) is 11.5 Å². The number of hydrogen-bond acceptors (Lipinski definition) is 10. The number of benzene rings is 2. The number of ether oxygens (including phenoxy) is 1. The van der Waals surface area contributed by atoms with Gasteiger partial charge < -0.3 is 20.5 Å². The molecule has 2 aromatic carbocycles. The zero-order valence-corrected chi connectivity index (χ0v) is 28.0. The van der Waals surface area contributed by atoms with E-state index < -0.39 is 18.0 Å². The first kappa shape index (κ1) is 33.1. The average molecular weight is 699 g/mol. The minimum absolute atomic E-state index is 0.0458. The van der Waals surface area contributed by atoms with E-state index in [0.717, 1.165) is 42.7 Å². The minimum Gasteiger partial charge on any atom is -0.507 e. The number of hydrogen-bond donors (Lipinski definition) is 3. The van der Waals surface area contributed by atoms with Crippen molar-refractivity contribution >= 4 is 23.3 Å². The molecule has 2 saturated heterocycles. The fraction of sp³-hybridized carbons (Fsp3) is 0.432. The first-order chi connectivity index (χ1) is 24.7. The highest BCUT2D eigenvalue weighted by atomic mass is 19.3. The summed E-state index contributed by atoms with van der Waals surface area (Å²) >= 11 is 0. The number of fused-ring (bicyclic) bond motifs is 1. The molecular weight excluding hydrogens is 658 g/mol. The molecule has 1 aliphatic carbocycles. The second-order valence-electron chi connectivity index (χ2n) is 14.0. The lowest BCUT2D eigenvalue weighted by molar-refractivity contribution is -0.134. The summed E-state index contributed by atoms with van der Waals surface area (Å²) in [5, 5.41) is 25.3. The van der Waals surface area contributed by atoms with E-state index in [0.29, 0.717) is 54.9 Å². The second kappa shape index (κ2) is 13.2. The number of carbonyl (C=O) groups is 2. The molecule has 2 amide bonds. The highest BCUT2D eigenvalue weighted by molar-refractivity contribution is 6.02. The maximum absolute atomic E-state index is 15.9. The third-order valence-corrected chi connectivity index (χ3v) is 11.0. The van der Waals surface area contributed by atoms with Gasteiger partial charge >= 0.3 is 0 Å². The molecule has 3 aliphatic heterocycles. The molecule has 4 aromatic rings. The van der Waals surface area contributed by atoms with Gasteiger partial charge in [0.2, 0.25) is 11.8 Å². The Morgan fingerprint density at radius 2 is 1.78 bits per heavy atom. The zero-order chi connectivity index (χ0) is 35.3. The molecule has 266 valence electrons. The number of nitrogens with one attached hydrogen (secondary N) is 1. The lowest BCUT2D eigenvalue weighted by Crippen LogP contribution is -2.54. The van der Waals surface area contributed by atoms with Crippen molar-refractivity contribution in [2.24, 2.45) is 0 Å². The van der Waals surface area contributed by atoms with Crippen molar-refractivity contribution in [3.05, 3.63) is 66.5 Å². The number of aromatic nitrogens is 4. The molecule has 1 saturated carbocycles. The van der Waals surface area contributed by atoms with Crippen LogP contribution < -0.4 is 20.7 Å². The predicted octanol–water partition coefficient (Wildman–Crippen LogP) is 4.91. The van der Waals surface area contributed by atoms with Gasteiger partial charge in [0.05, 0.1) is 30.7 Å². The van der Waals surface area contributed by atoms with Crippen LogP contribution >= 0.6 is 0 Å². The number of aromatic hydroxyl groups is 1.